The first kappa shape index (κ1) is 16.9. The number of benzene rings is 1. The van der Waals surface area contributed by atoms with Gasteiger partial charge in [-0.2, -0.15) is 0 Å². The van der Waals surface area contributed by atoms with Crippen molar-refractivity contribution in [1.82, 2.24) is 5.32 Å². The van der Waals surface area contributed by atoms with Crippen molar-refractivity contribution in [2.24, 2.45) is 16.3 Å². The zero-order chi connectivity index (χ0) is 16.0. The summed E-state index contributed by atoms with van der Waals surface area (Å²) in [7, 11) is 0. The first-order valence-electron chi connectivity index (χ1n) is 6.61. The van der Waals surface area contributed by atoms with E-state index in [1.807, 2.05) is 0 Å². The van der Waals surface area contributed by atoms with Gasteiger partial charge >= 0.3 is 0 Å². The van der Waals surface area contributed by atoms with E-state index in [4.69, 9.17) is 10.9 Å². The molecule has 1 aromatic carbocycles. The van der Waals surface area contributed by atoms with E-state index in [-0.39, 0.29) is 12.4 Å². The van der Waals surface area contributed by atoms with Crippen LogP contribution in [0.25, 0.3) is 0 Å². The Morgan fingerprint density at radius 2 is 1.95 bits per heavy atom. The molecule has 4 N–H and O–H groups in total. The molecule has 0 spiro atoms. The third kappa shape index (κ3) is 3.48. The van der Waals surface area contributed by atoms with Gasteiger partial charge in [-0.3, -0.25) is 4.79 Å². The largest absolute Gasteiger partial charge is 0.409 e. The number of nitrogens with zero attached hydrogens (tertiary/aromatic N) is 1. The molecule has 1 aromatic rings. The molecule has 1 amide bonds. The highest BCUT2D eigenvalue weighted by molar-refractivity contribution is 6.06. The number of nitrogens with one attached hydrogen (secondary N) is 1. The summed E-state index contributed by atoms with van der Waals surface area (Å²) in [4.78, 5) is 12.3. The molecule has 0 aromatic heterocycles. The maximum atomic E-state index is 13.1. The standard InChI is InChI=1S/C14H19F2N3O2/c1-3-14(4-2,12(17)19-21)13(20)18-8-9-5-6-10(15)11(16)7-9/h5-7,21H,3-4,8H2,1-2H3,(H2,17,19)(H,18,20). The fraction of sp³-hybridized carbons (Fsp3) is 0.429. The third-order valence-electron chi connectivity index (χ3n) is 3.68. The van der Waals surface area contributed by atoms with E-state index >= 15 is 0 Å². The van der Waals surface area contributed by atoms with Gasteiger partial charge in [0.1, 0.15) is 5.41 Å². The first-order chi connectivity index (χ1) is 9.91. The Morgan fingerprint density at radius 1 is 1.33 bits per heavy atom. The van der Waals surface area contributed by atoms with Gasteiger partial charge in [0.05, 0.1) is 0 Å². The van der Waals surface area contributed by atoms with Crippen LogP contribution in [0.4, 0.5) is 8.78 Å². The van der Waals surface area contributed by atoms with Crippen LogP contribution >= 0.6 is 0 Å². The average Bonchev–Trinajstić information content (AvgIpc) is 2.49. The topological polar surface area (TPSA) is 87.7 Å². The highest BCUT2D eigenvalue weighted by Gasteiger charge is 2.39. The maximum absolute atomic E-state index is 13.1. The fourth-order valence-electron chi connectivity index (χ4n) is 2.15. The molecule has 116 valence electrons. The predicted molar refractivity (Wildman–Crippen MR) is 74.6 cm³/mol. The molecule has 0 heterocycles. The molecule has 0 atom stereocenters. The molecule has 0 aliphatic carbocycles. The molecular weight excluding hydrogens is 280 g/mol. The van der Waals surface area contributed by atoms with Gasteiger partial charge in [0, 0.05) is 6.54 Å². The molecule has 1 rings (SSSR count). The minimum atomic E-state index is -1.12. The smallest absolute Gasteiger partial charge is 0.234 e. The highest BCUT2D eigenvalue weighted by atomic mass is 19.2. The molecule has 0 aliphatic rings. The van der Waals surface area contributed by atoms with Crippen molar-refractivity contribution in [3.05, 3.63) is 35.4 Å². The minimum absolute atomic E-state index is 0.0243. The van der Waals surface area contributed by atoms with Gasteiger partial charge in [0.15, 0.2) is 17.5 Å². The van der Waals surface area contributed by atoms with Crippen LogP contribution in [-0.4, -0.2) is 17.0 Å². The van der Waals surface area contributed by atoms with Crippen molar-refractivity contribution in [3.63, 3.8) is 0 Å². The second-order valence-corrected chi connectivity index (χ2v) is 4.71. The van der Waals surface area contributed by atoms with Crippen LogP contribution in [0.15, 0.2) is 23.4 Å². The molecule has 0 saturated carbocycles. The van der Waals surface area contributed by atoms with Crippen molar-refractivity contribution in [3.8, 4) is 0 Å². The molecule has 0 radical (unpaired) electrons. The van der Waals surface area contributed by atoms with E-state index < -0.39 is 23.0 Å². The van der Waals surface area contributed by atoms with E-state index in [0.717, 1.165) is 12.1 Å². The Labute approximate surface area is 121 Å². The van der Waals surface area contributed by atoms with E-state index in [1.54, 1.807) is 13.8 Å². The van der Waals surface area contributed by atoms with Crippen LogP contribution in [0, 0.1) is 17.0 Å². The predicted octanol–water partition coefficient (Wildman–Crippen LogP) is 2.13. The third-order valence-corrected chi connectivity index (χ3v) is 3.68. The zero-order valence-electron chi connectivity index (χ0n) is 12.0. The van der Waals surface area contributed by atoms with Gasteiger partial charge in [-0.05, 0) is 30.5 Å². The number of nitrogens with two attached hydrogens (primary N) is 1. The molecule has 0 aliphatic heterocycles. The summed E-state index contributed by atoms with van der Waals surface area (Å²) in [5.41, 5.74) is 4.92. The molecule has 0 saturated heterocycles. The molecule has 0 bridgehead atoms. The van der Waals surface area contributed by atoms with Crippen molar-refractivity contribution >= 4 is 11.7 Å². The van der Waals surface area contributed by atoms with Crippen molar-refractivity contribution in [2.45, 2.75) is 33.2 Å². The number of amides is 1. The van der Waals surface area contributed by atoms with Gasteiger partial charge in [0.25, 0.3) is 0 Å². The van der Waals surface area contributed by atoms with Gasteiger partial charge < -0.3 is 16.3 Å². The molecule has 5 nitrogen and oxygen atoms in total. The maximum Gasteiger partial charge on any atom is 0.234 e. The van der Waals surface area contributed by atoms with Crippen LogP contribution in [0.2, 0.25) is 0 Å². The lowest BCUT2D eigenvalue weighted by Crippen LogP contribution is -2.49. The Morgan fingerprint density at radius 3 is 2.43 bits per heavy atom. The summed E-state index contributed by atoms with van der Waals surface area (Å²) in [5.74, 6) is -2.52. The van der Waals surface area contributed by atoms with E-state index in [1.165, 1.54) is 6.07 Å². The normalized spacial score (nSPS) is 12.3. The van der Waals surface area contributed by atoms with Gasteiger partial charge in [-0.1, -0.05) is 25.1 Å². The molecule has 21 heavy (non-hydrogen) atoms. The zero-order valence-corrected chi connectivity index (χ0v) is 12.0. The van der Waals surface area contributed by atoms with E-state index in [9.17, 15) is 13.6 Å². The van der Waals surface area contributed by atoms with Gasteiger partial charge in [-0.15, -0.1) is 0 Å². The summed E-state index contributed by atoms with van der Waals surface area (Å²) >= 11 is 0. The molecule has 0 fully saturated rings. The van der Waals surface area contributed by atoms with Crippen molar-refractivity contribution in [1.29, 1.82) is 0 Å². The number of amidine groups is 1. The lowest BCUT2D eigenvalue weighted by Gasteiger charge is -2.28. The van der Waals surface area contributed by atoms with Crippen LogP contribution in [-0.2, 0) is 11.3 Å². The monoisotopic (exact) mass is 299 g/mol. The number of rotatable bonds is 6. The number of carbonyl (C=O) groups is 1. The lowest BCUT2D eigenvalue weighted by atomic mass is 9.80. The Balaban J connectivity index is 2.86. The average molecular weight is 299 g/mol. The van der Waals surface area contributed by atoms with Crippen LogP contribution in [0.3, 0.4) is 0 Å². The minimum Gasteiger partial charge on any atom is -0.409 e. The Kier molecular flexibility index (Phi) is 5.63. The number of halogens is 2. The van der Waals surface area contributed by atoms with Gasteiger partial charge in [0.2, 0.25) is 5.91 Å². The summed E-state index contributed by atoms with van der Waals surface area (Å²) in [6, 6.07) is 3.38. The van der Waals surface area contributed by atoms with Crippen molar-refractivity contribution < 1.29 is 18.8 Å². The second kappa shape index (κ2) is 7.01. The molecular formula is C14H19F2N3O2. The lowest BCUT2D eigenvalue weighted by molar-refractivity contribution is -0.128. The van der Waals surface area contributed by atoms with E-state index in [0.29, 0.717) is 18.4 Å². The quantitative estimate of drug-likeness (QED) is 0.325. The fourth-order valence-corrected chi connectivity index (χ4v) is 2.15. The summed E-state index contributed by atoms with van der Waals surface area (Å²) < 4.78 is 25.9. The Hall–Kier alpha value is -2.18. The summed E-state index contributed by atoms with van der Waals surface area (Å²) in [6.45, 7) is 3.52. The second-order valence-electron chi connectivity index (χ2n) is 4.71. The molecule has 0 unspecified atom stereocenters. The Bertz CT molecular complexity index is 543. The van der Waals surface area contributed by atoms with Crippen LogP contribution < -0.4 is 11.1 Å². The van der Waals surface area contributed by atoms with Crippen LogP contribution in [0.1, 0.15) is 32.3 Å². The highest BCUT2D eigenvalue weighted by Crippen LogP contribution is 2.27. The number of hydrogen-bond donors (Lipinski definition) is 3. The summed E-state index contributed by atoms with van der Waals surface area (Å²) in [6.07, 6.45) is 0.700. The number of oxime groups is 1. The SMILES string of the molecule is CCC(CC)(C(=O)NCc1ccc(F)c(F)c1)C(N)=NO. The number of carbonyl (C=O) groups excluding carboxylic acids is 1. The summed E-state index contributed by atoms with van der Waals surface area (Å²) in [5, 5.41) is 14.4. The van der Waals surface area contributed by atoms with Gasteiger partial charge in [-0.25, -0.2) is 8.78 Å². The number of hydrogen-bond acceptors (Lipinski definition) is 3. The van der Waals surface area contributed by atoms with Crippen molar-refractivity contribution in [2.75, 3.05) is 0 Å². The van der Waals surface area contributed by atoms with E-state index in [2.05, 4.69) is 10.5 Å². The van der Waals surface area contributed by atoms with Crippen LogP contribution in [0.5, 0.6) is 0 Å². The molecule has 7 heteroatoms. The first-order valence-corrected chi connectivity index (χ1v) is 6.61.